The number of aliphatic hydroxyl groups is 3. The van der Waals surface area contributed by atoms with Crippen LogP contribution in [-0.2, 0) is 9.47 Å². The van der Waals surface area contributed by atoms with E-state index >= 15 is 0 Å². The molecule has 1 aliphatic heterocycles. The smallest absolute Gasteiger partial charge is 0.114 e. The standard InChI is InChI=1S/C22H42O5/c1-2-3-4-5-6-7-8-9-10-11-12-13-14-15-16-26-22-19(24)18-27-20(17-23)21(22)25/h8-9,19-25H,2-7,10-18H2,1H3/b9-8+/t19-,20+,21+,22+/m0/s1. The molecule has 0 spiro atoms. The maximum Gasteiger partial charge on any atom is 0.114 e. The van der Waals surface area contributed by atoms with Crippen molar-refractivity contribution in [1.29, 1.82) is 0 Å². The van der Waals surface area contributed by atoms with Gasteiger partial charge in [-0.05, 0) is 32.1 Å². The van der Waals surface area contributed by atoms with E-state index in [0.29, 0.717) is 6.61 Å². The predicted molar refractivity (Wildman–Crippen MR) is 109 cm³/mol. The molecule has 0 aliphatic carbocycles. The SMILES string of the molecule is CCCCCCC/C=C/CCCCCCCO[C@H]1[C@H](O)[C@@H](CO)OC[C@@H]1O. The van der Waals surface area contributed by atoms with E-state index in [9.17, 15) is 10.2 Å². The predicted octanol–water partition coefficient (Wildman–Crippen LogP) is 3.74. The third kappa shape index (κ3) is 11.2. The first-order valence-electron chi connectivity index (χ1n) is 11.1. The van der Waals surface area contributed by atoms with Gasteiger partial charge in [0, 0.05) is 6.61 Å². The molecule has 1 aliphatic rings. The highest BCUT2D eigenvalue weighted by molar-refractivity contribution is 4.87. The quantitative estimate of drug-likeness (QED) is 0.278. The van der Waals surface area contributed by atoms with E-state index < -0.39 is 24.4 Å². The monoisotopic (exact) mass is 386 g/mol. The molecule has 1 rings (SSSR count). The summed E-state index contributed by atoms with van der Waals surface area (Å²) < 4.78 is 10.8. The second kappa shape index (κ2) is 16.5. The van der Waals surface area contributed by atoms with Crippen molar-refractivity contribution in [1.82, 2.24) is 0 Å². The van der Waals surface area contributed by atoms with Gasteiger partial charge in [0.25, 0.3) is 0 Å². The first-order valence-corrected chi connectivity index (χ1v) is 11.1. The molecule has 0 aromatic rings. The summed E-state index contributed by atoms with van der Waals surface area (Å²) in [6, 6.07) is 0. The van der Waals surface area contributed by atoms with Crippen LogP contribution in [0.25, 0.3) is 0 Å². The molecule has 5 heteroatoms. The van der Waals surface area contributed by atoms with Gasteiger partial charge in [0.15, 0.2) is 0 Å². The Bertz CT molecular complexity index is 361. The Morgan fingerprint density at radius 2 is 1.48 bits per heavy atom. The summed E-state index contributed by atoms with van der Waals surface area (Å²) in [5, 5.41) is 29.1. The lowest BCUT2D eigenvalue weighted by Gasteiger charge is -2.37. The molecule has 0 radical (unpaired) electrons. The number of unbranched alkanes of at least 4 members (excludes halogenated alkanes) is 10. The van der Waals surface area contributed by atoms with Crippen LogP contribution in [0.4, 0.5) is 0 Å². The first kappa shape index (κ1) is 24.6. The maximum atomic E-state index is 10.0. The average molecular weight is 387 g/mol. The van der Waals surface area contributed by atoms with E-state index in [1.54, 1.807) is 0 Å². The van der Waals surface area contributed by atoms with E-state index in [1.807, 2.05) is 0 Å². The van der Waals surface area contributed by atoms with Gasteiger partial charge in [0.1, 0.15) is 24.4 Å². The van der Waals surface area contributed by atoms with Crippen LogP contribution in [0.2, 0.25) is 0 Å². The number of hydrogen-bond donors (Lipinski definition) is 3. The fourth-order valence-electron chi connectivity index (χ4n) is 3.44. The molecular formula is C22H42O5. The summed E-state index contributed by atoms with van der Waals surface area (Å²) in [6.45, 7) is 2.61. The lowest BCUT2D eigenvalue weighted by atomic mass is 10.0. The lowest BCUT2D eigenvalue weighted by molar-refractivity contribution is -0.210. The normalized spacial score (nSPS) is 26.1. The second-order valence-electron chi connectivity index (χ2n) is 7.68. The highest BCUT2D eigenvalue weighted by Gasteiger charge is 2.38. The van der Waals surface area contributed by atoms with Crippen molar-refractivity contribution >= 4 is 0 Å². The molecule has 4 atom stereocenters. The van der Waals surface area contributed by atoms with Crippen LogP contribution in [0.15, 0.2) is 12.2 Å². The first-order chi connectivity index (χ1) is 13.2. The minimum Gasteiger partial charge on any atom is -0.394 e. The molecule has 0 saturated carbocycles. The van der Waals surface area contributed by atoms with Crippen molar-refractivity contribution < 1.29 is 24.8 Å². The van der Waals surface area contributed by atoms with Crippen LogP contribution in [0.3, 0.4) is 0 Å². The summed E-state index contributed by atoms with van der Waals surface area (Å²) in [4.78, 5) is 0. The second-order valence-corrected chi connectivity index (χ2v) is 7.68. The Kier molecular flexibility index (Phi) is 15.0. The minimum absolute atomic E-state index is 0.0964. The van der Waals surface area contributed by atoms with Crippen molar-refractivity contribution in [2.75, 3.05) is 19.8 Å². The van der Waals surface area contributed by atoms with Gasteiger partial charge in [-0.1, -0.05) is 64.0 Å². The van der Waals surface area contributed by atoms with Crippen molar-refractivity contribution in [2.45, 2.75) is 108 Å². The summed E-state index contributed by atoms with van der Waals surface area (Å²) in [5.41, 5.74) is 0. The molecule has 1 saturated heterocycles. The molecule has 0 amide bonds. The zero-order valence-electron chi connectivity index (χ0n) is 17.2. The fraction of sp³-hybridized carbons (Fsp3) is 0.909. The van der Waals surface area contributed by atoms with E-state index in [0.717, 1.165) is 12.8 Å². The molecule has 5 nitrogen and oxygen atoms in total. The minimum atomic E-state index is -0.975. The fourth-order valence-corrected chi connectivity index (χ4v) is 3.44. The molecule has 0 bridgehead atoms. The van der Waals surface area contributed by atoms with Gasteiger partial charge < -0.3 is 24.8 Å². The Morgan fingerprint density at radius 3 is 2.11 bits per heavy atom. The van der Waals surface area contributed by atoms with Crippen LogP contribution in [0.5, 0.6) is 0 Å². The molecule has 3 N–H and O–H groups in total. The van der Waals surface area contributed by atoms with Crippen LogP contribution in [0.1, 0.15) is 84.0 Å². The number of aliphatic hydroxyl groups excluding tert-OH is 3. The van der Waals surface area contributed by atoms with E-state index in [2.05, 4.69) is 19.1 Å². The average Bonchev–Trinajstić information content (AvgIpc) is 2.67. The van der Waals surface area contributed by atoms with Crippen LogP contribution >= 0.6 is 0 Å². The third-order valence-corrected chi connectivity index (χ3v) is 5.22. The highest BCUT2D eigenvalue weighted by atomic mass is 16.6. The zero-order valence-corrected chi connectivity index (χ0v) is 17.2. The van der Waals surface area contributed by atoms with Crippen LogP contribution < -0.4 is 0 Å². The number of hydrogen-bond acceptors (Lipinski definition) is 5. The van der Waals surface area contributed by atoms with Gasteiger partial charge in [-0.15, -0.1) is 0 Å². The largest absolute Gasteiger partial charge is 0.394 e. The van der Waals surface area contributed by atoms with E-state index in [-0.39, 0.29) is 13.2 Å². The van der Waals surface area contributed by atoms with Gasteiger partial charge in [0.05, 0.1) is 13.2 Å². The molecule has 0 aromatic carbocycles. The third-order valence-electron chi connectivity index (χ3n) is 5.22. The van der Waals surface area contributed by atoms with Crippen LogP contribution in [-0.4, -0.2) is 59.6 Å². The van der Waals surface area contributed by atoms with Crippen LogP contribution in [0, 0.1) is 0 Å². The van der Waals surface area contributed by atoms with Crippen molar-refractivity contribution in [3.05, 3.63) is 12.2 Å². The molecule has 1 heterocycles. The Labute approximate surface area is 165 Å². The lowest BCUT2D eigenvalue weighted by Crippen LogP contribution is -2.55. The van der Waals surface area contributed by atoms with Gasteiger partial charge in [-0.3, -0.25) is 0 Å². The number of rotatable bonds is 16. The highest BCUT2D eigenvalue weighted by Crippen LogP contribution is 2.19. The number of ether oxygens (including phenoxy) is 2. The molecule has 0 unspecified atom stereocenters. The molecule has 0 aromatic heterocycles. The van der Waals surface area contributed by atoms with Crippen molar-refractivity contribution in [3.63, 3.8) is 0 Å². The summed E-state index contributed by atoms with van der Waals surface area (Å²) in [6.07, 6.45) is 16.4. The summed E-state index contributed by atoms with van der Waals surface area (Å²) in [7, 11) is 0. The molecular weight excluding hydrogens is 344 g/mol. The van der Waals surface area contributed by atoms with Crippen molar-refractivity contribution in [2.24, 2.45) is 0 Å². The maximum absolute atomic E-state index is 10.0. The van der Waals surface area contributed by atoms with E-state index in [4.69, 9.17) is 14.6 Å². The van der Waals surface area contributed by atoms with Crippen molar-refractivity contribution in [3.8, 4) is 0 Å². The van der Waals surface area contributed by atoms with Gasteiger partial charge in [-0.25, -0.2) is 0 Å². The van der Waals surface area contributed by atoms with E-state index in [1.165, 1.54) is 64.2 Å². The molecule has 27 heavy (non-hydrogen) atoms. The zero-order chi connectivity index (χ0) is 19.7. The molecule has 1 fully saturated rings. The Morgan fingerprint density at radius 1 is 0.889 bits per heavy atom. The Hall–Kier alpha value is -0.460. The van der Waals surface area contributed by atoms with Gasteiger partial charge in [0.2, 0.25) is 0 Å². The van der Waals surface area contributed by atoms with Gasteiger partial charge in [-0.2, -0.15) is 0 Å². The summed E-state index contributed by atoms with van der Waals surface area (Å²) >= 11 is 0. The Balaban J connectivity index is 1.91. The topological polar surface area (TPSA) is 79.2 Å². The molecule has 160 valence electrons. The summed E-state index contributed by atoms with van der Waals surface area (Å²) in [5.74, 6) is 0. The van der Waals surface area contributed by atoms with Gasteiger partial charge >= 0.3 is 0 Å². The number of allylic oxidation sites excluding steroid dienone is 2.